The number of carboxylic acids is 1. The minimum atomic E-state index is -3.95. The molecule has 0 saturated carbocycles. The van der Waals surface area contributed by atoms with Crippen LogP contribution in [0.15, 0.2) is 83.8 Å². The maximum absolute atomic E-state index is 13.3. The van der Waals surface area contributed by atoms with E-state index in [0.29, 0.717) is 11.5 Å². The molecule has 0 amide bonds. The standard InChI is InChI=1S/C25H25NO5S2/c1-25(2)23(24(27)28)26(16-17-32-25)33(29,30)22-14-10-19(11-15-22)18-8-12-21(13-9-18)31-20-6-4-3-5-7-20/h3-15,23H,16-17H2,1-2H3,(H,27,28)/t23-/m0/s1. The molecule has 6 nitrogen and oxygen atoms in total. The van der Waals surface area contributed by atoms with Crippen molar-refractivity contribution < 1.29 is 23.1 Å². The lowest BCUT2D eigenvalue weighted by molar-refractivity contribution is -0.142. The molecule has 0 bridgehead atoms. The number of para-hydroxylation sites is 1. The minimum absolute atomic E-state index is 0.0873. The van der Waals surface area contributed by atoms with Gasteiger partial charge >= 0.3 is 5.97 Å². The number of aliphatic carboxylic acids is 1. The van der Waals surface area contributed by atoms with Crippen molar-refractivity contribution in [3.05, 3.63) is 78.9 Å². The fraction of sp³-hybridized carbons (Fsp3) is 0.240. The van der Waals surface area contributed by atoms with Gasteiger partial charge in [0.15, 0.2) is 0 Å². The lowest BCUT2D eigenvalue weighted by Crippen LogP contribution is -2.58. The zero-order chi connectivity index (χ0) is 23.6. The molecule has 1 aliphatic heterocycles. The molecule has 172 valence electrons. The summed E-state index contributed by atoms with van der Waals surface area (Å²) in [6.45, 7) is 3.71. The smallest absolute Gasteiger partial charge is 0.323 e. The molecule has 1 aliphatic rings. The van der Waals surface area contributed by atoms with E-state index in [1.54, 1.807) is 26.0 Å². The predicted molar refractivity (Wildman–Crippen MR) is 130 cm³/mol. The molecular formula is C25H25NO5S2. The van der Waals surface area contributed by atoms with Crippen molar-refractivity contribution in [3.63, 3.8) is 0 Å². The van der Waals surface area contributed by atoms with Crippen LogP contribution in [0.2, 0.25) is 0 Å². The number of carbonyl (C=O) groups is 1. The van der Waals surface area contributed by atoms with Crippen LogP contribution >= 0.6 is 11.8 Å². The number of hydrogen-bond donors (Lipinski definition) is 1. The Hall–Kier alpha value is -2.81. The summed E-state index contributed by atoms with van der Waals surface area (Å²) in [6.07, 6.45) is 0. The third kappa shape index (κ3) is 4.93. The van der Waals surface area contributed by atoms with Crippen molar-refractivity contribution in [2.24, 2.45) is 0 Å². The Morgan fingerprint density at radius 3 is 2.06 bits per heavy atom. The van der Waals surface area contributed by atoms with Crippen LogP contribution in [0.4, 0.5) is 0 Å². The van der Waals surface area contributed by atoms with E-state index < -0.39 is 26.8 Å². The molecule has 1 atom stereocenters. The first-order chi connectivity index (χ1) is 15.7. The highest BCUT2D eigenvalue weighted by Crippen LogP contribution is 2.38. The number of hydrogen-bond acceptors (Lipinski definition) is 5. The lowest BCUT2D eigenvalue weighted by Gasteiger charge is -2.42. The average molecular weight is 484 g/mol. The maximum atomic E-state index is 13.3. The van der Waals surface area contributed by atoms with Crippen molar-refractivity contribution >= 4 is 27.8 Å². The number of benzene rings is 3. The van der Waals surface area contributed by atoms with Crippen molar-refractivity contribution in [1.29, 1.82) is 0 Å². The van der Waals surface area contributed by atoms with E-state index in [-0.39, 0.29) is 11.4 Å². The van der Waals surface area contributed by atoms with Crippen LogP contribution in [0.3, 0.4) is 0 Å². The van der Waals surface area contributed by atoms with Crippen LogP contribution in [0, 0.1) is 0 Å². The highest BCUT2D eigenvalue weighted by atomic mass is 32.2. The maximum Gasteiger partial charge on any atom is 0.323 e. The van der Waals surface area contributed by atoms with Crippen LogP contribution in [0.5, 0.6) is 11.5 Å². The van der Waals surface area contributed by atoms with Crippen LogP contribution in [0.1, 0.15) is 13.8 Å². The number of carboxylic acid groups (broad SMARTS) is 1. The predicted octanol–water partition coefficient (Wildman–Crippen LogP) is 5.12. The van der Waals surface area contributed by atoms with Gasteiger partial charge in [-0.15, -0.1) is 0 Å². The number of nitrogens with zero attached hydrogens (tertiary/aromatic N) is 1. The van der Waals surface area contributed by atoms with E-state index in [1.807, 2.05) is 54.6 Å². The van der Waals surface area contributed by atoms with Gasteiger partial charge < -0.3 is 9.84 Å². The molecule has 1 heterocycles. The summed E-state index contributed by atoms with van der Waals surface area (Å²) in [7, 11) is -3.95. The van der Waals surface area contributed by atoms with E-state index >= 15 is 0 Å². The normalized spacial score (nSPS) is 18.5. The molecule has 1 fully saturated rings. The molecule has 0 aromatic heterocycles. The molecule has 0 unspecified atom stereocenters. The molecular weight excluding hydrogens is 458 g/mol. The quantitative estimate of drug-likeness (QED) is 0.524. The molecule has 3 aromatic carbocycles. The molecule has 4 rings (SSSR count). The molecule has 1 saturated heterocycles. The minimum Gasteiger partial charge on any atom is -0.480 e. The average Bonchev–Trinajstić information content (AvgIpc) is 2.79. The zero-order valence-electron chi connectivity index (χ0n) is 18.3. The second-order valence-electron chi connectivity index (χ2n) is 8.27. The highest BCUT2D eigenvalue weighted by Gasteiger charge is 2.48. The number of ether oxygens (including phenoxy) is 1. The van der Waals surface area contributed by atoms with Crippen molar-refractivity contribution in [3.8, 4) is 22.6 Å². The van der Waals surface area contributed by atoms with Gasteiger partial charge in [0.25, 0.3) is 0 Å². The van der Waals surface area contributed by atoms with E-state index in [0.717, 1.165) is 21.2 Å². The summed E-state index contributed by atoms with van der Waals surface area (Å²) in [5.41, 5.74) is 1.77. The Balaban J connectivity index is 1.54. The summed E-state index contributed by atoms with van der Waals surface area (Å²) in [5, 5.41) is 9.73. The molecule has 8 heteroatoms. The van der Waals surface area contributed by atoms with Gasteiger partial charge in [0, 0.05) is 17.0 Å². The van der Waals surface area contributed by atoms with Gasteiger partial charge in [-0.1, -0.05) is 42.5 Å². The van der Waals surface area contributed by atoms with Crippen molar-refractivity contribution in [1.82, 2.24) is 4.31 Å². The third-order valence-electron chi connectivity index (χ3n) is 5.59. The molecule has 33 heavy (non-hydrogen) atoms. The van der Waals surface area contributed by atoms with Gasteiger partial charge in [-0.25, -0.2) is 8.42 Å². The van der Waals surface area contributed by atoms with Crippen LogP contribution in [-0.2, 0) is 14.8 Å². The van der Waals surface area contributed by atoms with Crippen molar-refractivity contribution in [2.75, 3.05) is 12.3 Å². The number of thioether (sulfide) groups is 1. The summed E-state index contributed by atoms with van der Waals surface area (Å²) >= 11 is 1.48. The Kier molecular flexibility index (Phi) is 6.52. The van der Waals surface area contributed by atoms with E-state index in [9.17, 15) is 18.3 Å². The first-order valence-electron chi connectivity index (χ1n) is 10.5. The Morgan fingerprint density at radius 1 is 0.939 bits per heavy atom. The van der Waals surface area contributed by atoms with Gasteiger partial charge in [0.2, 0.25) is 10.0 Å². The SMILES string of the molecule is CC1(C)SCCN(S(=O)(=O)c2ccc(-c3ccc(Oc4ccccc4)cc3)cc2)[C@H]1C(=O)O. The highest BCUT2D eigenvalue weighted by molar-refractivity contribution is 8.00. The number of rotatable bonds is 6. The lowest BCUT2D eigenvalue weighted by atomic mass is 10.0. The van der Waals surface area contributed by atoms with E-state index in [1.165, 1.54) is 23.9 Å². The van der Waals surface area contributed by atoms with E-state index in [4.69, 9.17) is 4.74 Å². The second kappa shape index (κ2) is 9.21. The Bertz CT molecular complexity index is 1220. The number of sulfonamides is 1. The Labute approximate surface area is 198 Å². The molecule has 1 N–H and O–H groups in total. The van der Waals surface area contributed by atoms with E-state index in [2.05, 4.69) is 0 Å². The fourth-order valence-corrected chi connectivity index (χ4v) is 7.02. The summed E-state index contributed by atoms with van der Waals surface area (Å²) < 4.78 is 32.8. The summed E-state index contributed by atoms with van der Waals surface area (Å²) in [6, 6.07) is 22.4. The van der Waals surface area contributed by atoms with Gasteiger partial charge in [0.05, 0.1) is 4.90 Å². The topological polar surface area (TPSA) is 83.9 Å². The first-order valence-corrected chi connectivity index (χ1v) is 12.9. The fourth-order valence-electron chi connectivity index (χ4n) is 3.93. The van der Waals surface area contributed by atoms with Gasteiger partial charge in [-0.3, -0.25) is 4.79 Å². The molecule has 0 spiro atoms. The third-order valence-corrected chi connectivity index (χ3v) is 8.83. The van der Waals surface area contributed by atoms with Gasteiger partial charge in [0.1, 0.15) is 17.5 Å². The van der Waals surface area contributed by atoms with Gasteiger partial charge in [-0.05, 0) is 61.4 Å². The molecule has 0 radical (unpaired) electrons. The first kappa shape index (κ1) is 23.4. The van der Waals surface area contributed by atoms with Crippen LogP contribution in [-0.4, -0.2) is 46.9 Å². The van der Waals surface area contributed by atoms with Crippen molar-refractivity contribution in [2.45, 2.75) is 29.5 Å². The summed E-state index contributed by atoms with van der Waals surface area (Å²) in [5.74, 6) is 0.865. The molecule has 0 aliphatic carbocycles. The van der Waals surface area contributed by atoms with Crippen LogP contribution in [0.25, 0.3) is 11.1 Å². The van der Waals surface area contributed by atoms with Gasteiger partial charge in [-0.2, -0.15) is 16.1 Å². The Morgan fingerprint density at radius 2 is 1.48 bits per heavy atom. The molecule has 3 aromatic rings. The zero-order valence-corrected chi connectivity index (χ0v) is 20.0. The largest absolute Gasteiger partial charge is 0.480 e. The summed E-state index contributed by atoms with van der Waals surface area (Å²) in [4.78, 5) is 12.0. The second-order valence-corrected chi connectivity index (χ2v) is 11.9. The monoisotopic (exact) mass is 483 g/mol. The van der Waals surface area contributed by atoms with Crippen LogP contribution < -0.4 is 4.74 Å².